The van der Waals surface area contributed by atoms with E-state index < -0.39 is 0 Å². The van der Waals surface area contributed by atoms with Gasteiger partial charge in [0.1, 0.15) is 11.8 Å². The summed E-state index contributed by atoms with van der Waals surface area (Å²) in [5, 5.41) is 13.9. The van der Waals surface area contributed by atoms with Crippen molar-refractivity contribution in [2.24, 2.45) is 0 Å². The van der Waals surface area contributed by atoms with Crippen LogP contribution in [0.2, 0.25) is 0 Å². The summed E-state index contributed by atoms with van der Waals surface area (Å²) in [5.74, 6) is 1.39. The Labute approximate surface area is 223 Å². The molecular weight excluding hydrogens is 478 g/mol. The van der Waals surface area contributed by atoms with Crippen LogP contribution in [0.4, 0.5) is 5.69 Å². The molecule has 200 valence electrons. The summed E-state index contributed by atoms with van der Waals surface area (Å²) >= 11 is 0. The van der Waals surface area contributed by atoms with Gasteiger partial charge in [0.2, 0.25) is 0 Å². The molecule has 3 heterocycles. The Kier molecular flexibility index (Phi) is 6.96. The minimum atomic E-state index is -0.383. The number of anilines is 1. The summed E-state index contributed by atoms with van der Waals surface area (Å²) in [5.41, 5.74) is 4.75. The van der Waals surface area contributed by atoms with Crippen molar-refractivity contribution in [3.8, 4) is 5.75 Å². The van der Waals surface area contributed by atoms with Crippen molar-refractivity contribution in [2.75, 3.05) is 38.2 Å². The first-order valence-corrected chi connectivity index (χ1v) is 13.3. The number of aromatic nitrogens is 5. The van der Waals surface area contributed by atoms with Gasteiger partial charge in [-0.3, -0.25) is 9.69 Å². The summed E-state index contributed by atoms with van der Waals surface area (Å²) in [6.07, 6.45) is 0.853. The molecule has 1 atom stereocenters. The Hall–Kier alpha value is -3.72. The van der Waals surface area contributed by atoms with E-state index >= 15 is 0 Å². The monoisotopic (exact) mass is 515 g/mol. The summed E-state index contributed by atoms with van der Waals surface area (Å²) in [6.45, 7) is 13.9. The number of rotatable bonds is 7. The topological polar surface area (TPSA) is 92.2 Å². The van der Waals surface area contributed by atoms with Crippen LogP contribution in [0.3, 0.4) is 0 Å². The van der Waals surface area contributed by atoms with E-state index in [0.717, 1.165) is 43.5 Å². The Morgan fingerprint density at radius 1 is 1.05 bits per heavy atom. The van der Waals surface area contributed by atoms with E-state index in [0.29, 0.717) is 17.1 Å². The van der Waals surface area contributed by atoms with E-state index in [9.17, 15) is 4.79 Å². The van der Waals surface area contributed by atoms with Crippen molar-refractivity contribution < 1.29 is 4.74 Å². The number of hydrogen-bond acceptors (Lipinski definition) is 7. The molecule has 4 aromatic rings. The van der Waals surface area contributed by atoms with Crippen molar-refractivity contribution in [1.82, 2.24) is 30.1 Å². The zero-order valence-corrected chi connectivity index (χ0v) is 23.2. The molecule has 0 bridgehead atoms. The maximum absolute atomic E-state index is 13.6. The highest BCUT2D eigenvalue weighted by Crippen LogP contribution is 2.32. The average molecular weight is 516 g/mol. The molecular formula is C29H37N7O2. The number of benzene rings is 2. The fourth-order valence-electron chi connectivity index (χ4n) is 5.25. The third kappa shape index (κ3) is 4.78. The van der Waals surface area contributed by atoms with Gasteiger partial charge in [0.25, 0.3) is 5.56 Å². The molecule has 5 rings (SSSR count). The second-order valence-corrected chi connectivity index (χ2v) is 10.8. The summed E-state index contributed by atoms with van der Waals surface area (Å²) in [7, 11) is 1.62. The largest absolute Gasteiger partial charge is 0.497 e. The minimum Gasteiger partial charge on any atom is -0.497 e. The van der Waals surface area contributed by atoms with Crippen molar-refractivity contribution >= 4 is 16.6 Å². The number of H-pyrrole nitrogens is 1. The molecule has 1 saturated heterocycles. The lowest BCUT2D eigenvalue weighted by Gasteiger charge is -2.40. The van der Waals surface area contributed by atoms with Crippen molar-refractivity contribution in [1.29, 1.82) is 0 Å². The SMILES string of the molecule is CCC(C)(C)n1nnnc1C(c1cc2ccc(OC)cc2[nH]c1=O)N1CCN(c2cc(C)ccc2C)CC1. The standard InChI is InChI=1S/C29H37N7O2/c1-7-29(4,5)36-27(31-32-33-36)26(23-17-21-10-11-22(38-6)18-24(21)30-28(23)37)35-14-12-34(13-15-35)25-16-19(2)8-9-20(25)3/h8-11,16-18,26H,7,12-15H2,1-6H3,(H,30,37). The molecule has 38 heavy (non-hydrogen) atoms. The van der Waals surface area contributed by atoms with Crippen LogP contribution in [0, 0.1) is 13.8 Å². The fraction of sp³-hybridized carbons (Fsp3) is 0.448. The predicted octanol–water partition coefficient (Wildman–Crippen LogP) is 4.20. The van der Waals surface area contributed by atoms with Crippen molar-refractivity contribution in [2.45, 2.75) is 52.6 Å². The number of nitrogens with zero attached hydrogens (tertiary/aromatic N) is 6. The molecule has 2 aromatic heterocycles. The van der Waals surface area contributed by atoms with Gasteiger partial charge in [0.05, 0.1) is 18.2 Å². The highest BCUT2D eigenvalue weighted by atomic mass is 16.5. The number of aryl methyl sites for hydroxylation is 2. The van der Waals surface area contributed by atoms with Crippen LogP contribution in [0.15, 0.2) is 47.3 Å². The third-order valence-electron chi connectivity index (χ3n) is 7.94. The fourth-order valence-corrected chi connectivity index (χ4v) is 5.25. The number of methoxy groups -OCH3 is 1. The van der Waals surface area contributed by atoms with Crippen LogP contribution in [-0.2, 0) is 5.54 Å². The summed E-state index contributed by atoms with van der Waals surface area (Å²) in [4.78, 5) is 21.5. The third-order valence-corrected chi connectivity index (χ3v) is 7.94. The summed E-state index contributed by atoms with van der Waals surface area (Å²) < 4.78 is 7.25. The van der Waals surface area contributed by atoms with Crippen LogP contribution in [-0.4, -0.2) is 63.4 Å². The van der Waals surface area contributed by atoms with Crippen LogP contribution in [0.25, 0.3) is 10.9 Å². The second kappa shape index (κ2) is 10.2. The van der Waals surface area contributed by atoms with Gasteiger partial charge in [-0.05, 0) is 85.3 Å². The molecule has 1 aliphatic rings. The van der Waals surface area contributed by atoms with E-state index in [1.807, 2.05) is 28.9 Å². The lowest BCUT2D eigenvalue weighted by molar-refractivity contribution is 0.186. The van der Waals surface area contributed by atoms with E-state index in [2.05, 4.69) is 83.1 Å². The van der Waals surface area contributed by atoms with Gasteiger partial charge in [-0.2, -0.15) is 0 Å². The van der Waals surface area contributed by atoms with Crippen LogP contribution >= 0.6 is 0 Å². The molecule has 9 nitrogen and oxygen atoms in total. The van der Waals surface area contributed by atoms with Gasteiger partial charge in [-0.25, -0.2) is 4.68 Å². The minimum absolute atomic E-state index is 0.142. The Morgan fingerprint density at radius 3 is 2.53 bits per heavy atom. The Bertz CT molecular complexity index is 1500. The smallest absolute Gasteiger partial charge is 0.253 e. The van der Waals surface area contributed by atoms with Crippen LogP contribution in [0.1, 0.15) is 55.7 Å². The number of aromatic amines is 1. The Balaban J connectivity index is 1.56. The molecule has 0 spiro atoms. The number of fused-ring (bicyclic) bond motifs is 1. The number of pyridine rings is 1. The number of piperazine rings is 1. The predicted molar refractivity (Wildman–Crippen MR) is 150 cm³/mol. The maximum Gasteiger partial charge on any atom is 0.253 e. The zero-order valence-electron chi connectivity index (χ0n) is 23.2. The van der Waals surface area contributed by atoms with Gasteiger partial charge in [-0.1, -0.05) is 19.1 Å². The normalized spacial score (nSPS) is 15.7. The van der Waals surface area contributed by atoms with Gasteiger partial charge in [-0.15, -0.1) is 5.10 Å². The molecule has 2 aromatic carbocycles. The highest BCUT2D eigenvalue weighted by molar-refractivity contribution is 5.80. The van der Waals surface area contributed by atoms with E-state index in [4.69, 9.17) is 4.74 Å². The van der Waals surface area contributed by atoms with E-state index in [-0.39, 0.29) is 17.1 Å². The lowest BCUT2D eigenvalue weighted by atomic mass is 9.98. The number of ether oxygens (including phenoxy) is 1. The van der Waals surface area contributed by atoms with Gasteiger partial charge in [0, 0.05) is 43.5 Å². The number of nitrogens with one attached hydrogen (secondary N) is 1. The van der Waals surface area contributed by atoms with Crippen molar-refractivity contribution in [3.05, 3.63) is 75.3 Å². The Morgan fingerprint density at radius 2 is 1.82 bits per heavy atom. The maximum atomic E-state index is 13.6. The van der Waals surface area contributed by atoms with Gasteiger partial charge in [0.15, 0.2) is 5.82 Å². The first-order chi connectivity index (χ1) is 18.2. The molecule has 1 aliphatic heterocycles. The quantitative estimate of drug-likeness (QED) is 0.394. The van der Waals surface area contributed by atoms with E-state index in [1.165, 1.54) is 16.8 Å². The molecule has 1 unspecified atom stereocenters. The molecule has 1 N–H and O–H groups in total. The summed E-state index contributed by atoms with van der Waals surface area (Å²) in [6, 6.07) is 13.9. The number of hydrogen-bond donors (Lipinski definition) is 1. The first kappa shape index (κ1) is 25.9. The van der Waals surface area contributed by atoms with E-state index in [1.54, 1.807) is 7.11 Å². The highest BCUT2D eigenvalue weighted by Gasteiger charge is 2.35. The van der Waals surface area contributed by atoms with Gasteiger partial charge >= 0.3 is 0 Å². The average Bonchev–Trinajstić information content (AvgIpc) is 3.41. The van der Waals surface area contributed by atoms with Crippen molar-refractivity contribution in [3.63, 3.8) is 0 Å². The molecule has 1 fully saturated rings. The van der Waals surface area contributed by atoms with Crippen LogP contribution < -0.4 is 15.2 Å². The van der Waals surface area contributed by atoms with Crippen LogP contribution in [0.5, 0.6) is 5.75 Å². The zero-order chi connectivity index (χ0) is 27.0. The first-order valence-electron chi connectivity index (χ1n) is 13.3. The lowest BCUT2D eigenvalue weighted by Crippen LogP contribution is -2.49. The molecule has 9 heteroatoms. The molecule has 0 saturated carbocycles. The number of tetrazole rings is 1. The second-order valence-electron chi connectivity index (χ2n) is 10.8. The molecule has 0 amide bonds. The molecule has 0 radical (unpaired) electrons. The molecule has 0 aliphatic carbocycles. The van der Waals surface area contributed by atoms with Gasteiger partial charge < -0.3 is 14.6 Å².